The molecular formula is C17H27NO2. The average molecular weight is 277 g/mol. The fraction of sp³-hybridized carbons (Fsp3) is 0.588. The maximum absolute atomic E-state index is 12.6. The molecule has 0 heterocycles. The van der Waals surface area contributed by atoms with Gasteiger partial charge in [-0.1, -0.05) is 39.8 Å². The SMILES string of the molecule is CC(C)CCN(CCC(C)C)C(=O)c1ccccc1O. The Kier molecular flexibility index (Phi) is 6.56. The smallest absolute Gasteiger partial charge is 0.257 e. The van der Waals surface area contributed by atoms with Crippen molar-refractivity contribution in [3.05, 3.63) is 29.8 Å². The lowest BCUT2D eigenvalue weighted by molar-refractivity contribution is 0.0738. The molecule has 0 spiro atoms. The molecule has 0 aliphatic heterocycles. The number of para-hydroxylation sites is 1. The number of benzene rings is 1. The summed E-state index contributed by atoms with van der Waals surface area (Å²) in [7, 11) is 0. The molecule has 0 aliphatic rings. The summed E-state index contributed by atoms with van der Waals surface area (Å²) in [4.78, 5) is 14.4. The Hall–Kier alpha value is -1.51. The van der Waals surface area contributed by atoms with Crippen LogP contribution in [0.3, 0.4) is 0 Å². The van der Waals surface area contributed by atoms with Crippen LogP contribution in [0.5, 0.6) is 5.75 Å². The Bertz CT molecular complexity index is 415. The molecule has 1 aromatic rings. The monoisotopic (exact) mass is 277 g/mol. The van der Waals surface area contributed by atoms with Crippen LogP contribution < -0.4 is 0 Å². The Morgan fingerprint density at radius 1 is 1.05 bits per heavy atom. The van der Waals surface area contributed by atoms with Gasteiger partial charge in [-0.05, 0) is 36.8 Å². The third-order valence-corrected chi connectivity index (χ3v) is 3.37. The molecule has 0 bridgehead atoms. The van der Waals surface area contributed by atoms with E-state index >= 15 is 0 Å². The van der Waals surface area contributed by atoms with Crippen LogP contribution in [0.2, 0.25) is 0 Å². The van der Waals surface area contributed by atoms with Gasteiger partial charge in [-0.3, -0.25) is 4.79 Å². The van der Waals surface area contributed by atoms with Gasteiger partial charge >= 0.3 is 0 Å². The number of carbonyl (C=O) groups excluding carboxylic acids is 1. The van der Waals surface area contributed by atoms with Gasteiger partial charge in [0, 0.05) is 13.1 Å². The second-order valence-corrected chi connectivity index (χ2v) is 6.17. The van der Waals surface area contributed by atoms with Crippen molar-refractivity contribution in [2.24, 2.45) is 11.8 Å². The summed E-state index contributed by atoms with van der Waals surface area (Å²) >= 11 is 0. The van der Waals surface area contributed by atoms with Crippen molar-refractivity contribution < 1.29 is 9.90 Å². The minimum atomic E-state index is -0.0654. The summed E-state index contributed by atoms with van der Waals surface area (Å²) in [5.74, 6) is 1.13. The van der Waals surface area contributed by atoms with Gasteiger partial charge in [-0.2, -0.15) is 0 Å². The number of nitrogens with zero attached hydrogens (tertiary/aromatic N) is 1. The van der Waals surface area contributed by atoms with E-state index in [-0.39, 0.29) is 11.7 Å². The van der Waals surface area contributed by atoms with E-state index in [9.17, 15) is 9.90 Å². The Morgan fingerprint density at radius 3 is 2.00 bits per heavy atom. The van der Waals surface area contributed by atoms with Crippen LogP contribution in [-0.4, -0.2) is 29.0 Å². The molecular weight excluding hydrogens is 250 g/mol. The number of hydrogen-bond donors (Lipinski definition) is 1. The first-order valence-corrected chi connectivity index (χ1v) is 7.49. The van der Waals surface area contributed by atoms with E-state index in [2.05, 4.69) is 27.7 Å². The van der Waals surface area contributed by atoms with E-state index in [0.717, 1.165) is 25.9 Å². The average Bonchev–Trinajstić information content (AvgIpc) is 2.38. The molecule has 3 heteroatoms. The fourth-order valence-electron chi connectivity index (χ4n) is 1.97. The highest BCUT2D eigenvalue weighted by Gasteiger charge is 2.18. The minimum absolute atomic E-state index is 0.0654. The van der Waals surface area contributed by atoms with E-state index < -0.39 is 0 Å². The molecule has 0 atom stereocenters. The summed E-state index contributed by atoms with van der Waals surface area (Å²) in [5, 5.41) is 9.84. The molecule has 3 nitrogen and oxygen atoms in total. The Labute approximate surface area is 122 Å². The zero-order chi connectivity index (χ0) is 15.1. The number of rotatable bonds is 7. The first-order valence-electron chi connectivity index (χ1n) is 7.49. The van der Waals surface area contributed by atoms with Gasteiger partial charge in [0.2, 0.25) is 0 Å². The topological polar surface area (TPSA) is 40.5 Å². The van der Waals surface area contributed by atoms with Crippen LogP contribution in [0.4, 0.5) is 0 Å². The number of phenols is 1. The van der Waals surface area contributed by atoms with Crippen molar-refractivity contribution >= 4 is 5.91 Å². The van der Waals surface area contributed by atoms with Crippen LogP contribution >= 0.6 is 0 Å². The van der Waals surface area contributed by atoms with Gasteiger partial charge in [-0.15, -0.1) is 0 Å². The van der Waals surface area contributed by atoms with E-state index in [4.69, 9.17) is 0 Å². The summed E-state index contributed by atoms with van der Waals surface area (Å²) in [6, 6.07) is 6.78. The summed E-state index contributed by atoms with van der Waals surface area (Å²) in [5.41, 5.74) is 0.403. The fourth-order valence-corrected chi connectivity index (χ4v) is 1.97. The normalized spacial score (nSPS) is 11.1. The number of amides is 1. The van der Waals surface area contributed by atoms with Crippen molar-refractivity contribution in [3.63, 3.8) is 0 Å². The Morgan fingerprint density at radius 2 is 1.55 bits per heavy atom. The van der Waals surface area contributed by atoms with Gasteiger partial charge < -0.3 is 10.0 Å². The molecule has 0 saturated heterocycles. The molecule has 1 rings (SSSR count). The zero-order valence-electron chi connectivity index (χ0n) is 13.1. The van der Waals surface area contributed by atoms with E-state index in [1.807, 2.05) is 4.90 Å². The molecule has 1 N–H and O–H groups in total. The van der Waals surface area contributed by atoms with Gasteiger partial charge in [0.1, 0.15) is 5.75 Å². The van der Waals surface area contributed by atoms with Gasteiger partial charge in [0.15, 0.2) is 0 Å². The molecule has 0 aromatic heterocycles. The van der Waals surface area contributed by atoms with Crippen molar-refractivity contribution in [1.82, 2.24) is 4.90 Å². The lowest BCUT2D eigenvalue weighted by Gasteiger charge is -2.25. The van der Waals surface area contributed by atoms with Crippen molar-refractivity contribution in [3.8, 4) is 5.75 Å². The number of aromatic hydroxyl groups is 1. The lowest BCUT2D eigenvalue weighted by Crippen LogP contribution is -2.34. The first kappa shape index (κ1) is 16.5. The largest absolute Gasteiger partial charge is 0.507 e. The lowest BCUT2D eigenvalue weighted by atomic mass is 10.1. The highest BCUT2D eigenvalue weighted by atomic mass is 16.3. The maximum atomic E-state index is 12.6. The number of phenolic OH excluding ortho intramolecular Hbond substituents is 1. The molecule has 112 valence electrons. The molecule has 0 radical (unpaired) electrons. The van der Waals surface area contributed by atoms with Crippen LogP contribution in [0.1, 0.15) is 50.9 Å². The predicted octanol–water partition coefficient (Wildman–Crippen LogP) is 3.93. The molecule has 0 saturated carbocycles. The molecule has 1 aromatic carbocycles. The maximum Gasteiger partial charge on any atom is 0.257 e. The van der Waals surface area contributed by atoms with Gasteiger partial charge in [0.25, 0.3) is 5.91 Å². The molecule has 1 amide bonds. The zero-order valence-corrected chi connectivity index (χ0v) is 13.1. The second-order valence-electron chi connectivity index (χ2n) is 6.17. The van der Waals surface area contributed by atoms with E-state index in [1.165, 1.54) is 0 Å². The van der Waals surface area contributed by atoms with Crippen molar-refractivity contribution in [2.45, 2.75) is 40.5 Å². The van der Waals surface area contributed by atoms with Crippen LogP contribution in [0.25, 0.3) is 0 Å². The van der Waals surface area contributed by atoms with Crippen molar-refractivity contribution in [2.75, 3.05) is 13.1 Å². The summed E-state index contributed by atoms with van der Waals surface area (Å²) in [6.07, 6.45) is 1.97. The van der Waals surface area contributed by atoms with Gasteiger partial charge in [-0.25, -0.2) is 0 Å². The molecule has 0 fully saturated rings. The second kappa shape index (κ2) is 7.93. The highest BCUT2D eigenvalue weighted by Crippen LogP contribution is 2.19. The van der Waals surface area contributed by atoms with Crippen molar-refractivity contribution in [1.29, 1.82) is 0 Å². The molecule has 20 heavy (non-hydrogen) atoms. The summed E-state index contributed by atoms with van der Waals surface area (Å²) in [6.45, 7) is 10.1. The predicted molar refractivity (Wildman–Crippen MR) is 82.9 cm³/mol. The molecule has 0 unspecified atom stereocenters. The third-order valence-electron chi connectivity index (χ3n) is 3.37. The summed E-state index contributed by atoms with van der Waals surface area (Å²) < 4.78 is 0. The Balaban J connectivity index is 2.80. The van der Waals surface area contributed by atoms with Gasteiger partial charge in [0.05, 0.1) is 5.56 Å². The van der Waals surface area contributed by atoms with Crippen LogP contribution in [0.15, 0.2) is 24.3 Å². The van der Waals surface area contributed by atoms with Crippen LogP contribution in [-0.2, 0) is 0 Å². The van der Waals surface area contributed by atoms with E-state index in [0.29, 0.717) is 17.4 Å². The third kappa shape index (κ3) is 5.24. The standard InChI is InChI=1S/C17H27NO2/c1-13(2)9-11-18(12-10-14(3)4)17(20)15-7-5-6-8-16(15)19/h5-8,13-14,19H,9-12H2,1-4H3. The first-order chi connectivity index (χ1) is 9.41. The van der Waals surface area contributed by atoms with E-state index in [1.54, 1.807) is 24.3 Å². The number of carbonyl (C=O) groups is 1. The quantitative estimate of drug-likeness (QED) is 0.820. The number of hydrogen-bond acceptors (Lipinski definition) is 2. The molecule has 0 aliphatic carbocycles. The van der Waals surface area contributed by atoms with Crippen LogP contribution in [0, 0.1) is 11.8 Å². The highest BCUT2D eigenvalue weighted by molar-refractivity contribution is 5.96. The minimum Gasteiger partial charge on any atom is -0.507 e.